The molecule has 0 bridgehead atoms. The van der Waals surface area contributed by atoms with E-state index in [1.807, 2.05) is 13.8 Å². The van der Waals surface area contributed by atoms with Crippen molar-refractivity contribution in [3.63, 3.8) is 0 Å². The maximum Gasteiger partial charge on any atom is 5.00 e. The minimum Gasteiger partial charge on any atom is -1.00 e. The molecule has 0 N–H and O–H groups in total. The summed E-state index contributed by atoms with van der Waals surface area (Å²) >= 11 is 0. The van der Waals surface area contributed by atoms with Crippen LogP contribution < -0.4 is 0 Å². The molecule has 45 valence electrons. The predicted octanol–water partition coefficient (Wildman–Crippen LogP) is 2.39. The molecule has 0 aromatic carbocycles. The van der Waals surface area contributed by atoms with E-state index in [9.17, 15) is 0 Å². The molecular weight excluding hydrogens is 173 g/mol. The SMILES string of the molecule is [CH-]=C(C)C(=C)C.[H-].[H-].[H-].[H-].[Ru+5]. The molecule has 0 rings (SSSR count). The van der Waals surface area contributed by atoms with Crippen molar-refractivity contribution in [1.29, 1.82) is 0 Å². The summed E-state index contributed by atoms with van der Waals surface area (Å²) in [6.07, 6.45) is 0. The van der Waals surface area contributed by atoms with Gasteiger partial charge in [0.1, 0.15) is 0 Å². The van der Waals surface area contributed by atoms with Gasteiger partial charge in [0.05, 0.1) is 0 Å². The molecule has 0 saturated carbocycles. The molecule has 0 spiro atoms. The van der Waals surface area contributed by atoms with Crippen LogP contribution in [0.15, 0.2) is 17.7 Å². The third-order valence-electron chi connectivity index (χ3n) is 0.673. The summed E-state index contributed by atoms with van der Waals surface area (Å²) in [6, 6.07) is 0. The summed E-state index contributed by atoms with van der Waals surface area (Å²) in [7, 11) is 0. The monoisotopic (exact) mass is 187 g/mol. The van der Waals surface area contributed by atoms with Gasteiger partial charge in [-0.05, 0) is 0 Å². The van der Waals surface area contributed by atoms with Crippen molar-refractivity contribution in [2.75, 3.05) is 0 Å². The third-order valence-corrected chi connectivity index (χ3v) is 0.673. The Bertz CT molecular complexity index is 80.6. The number of hydrogen-bond donors (Lipinski definition) is 0. The molecule has 0 aromatic rings. The maximum absolute atomic E-state index is 5.25. The van der Waals surface area contributed by atoms with E-state index in [2.05, 4.69) is 6.58 Å². The van der Waals surface area contributed by atoms with Gasteiger partial charge in [-0.2, -0.15) is 6.58 Å². The molecule has 0 aliphatic heterocycles. The standard InChI is InChI=1S/C6H9.Ru.4H/c1-5(2)6(3)4;;;;;/h1H,3H2,2,4H3;;;;;/q-1;+5;4*-1. The Hall–Kier alpha value is 0.103. The molecule has 0 aliphatic rings. The molecule has 0 saturated heterocycles. The first-order valence-corrected chi connectivity index (χ1v) is 1.89. The van der Waals surface area contributed by atoms with Crippen molar-refractivity contribution in [3.05, 3.63) is 24.3 Å². The number of hydrogen-bond acceptors (Lipinski definition) is 0. The topological polar surface area (TPSA) is 0 Å². The van der Waals surface area contributed by atoms with Crippen LogP contribution in [0.3, 0.4) is 0 Å². The Morgan fingerprint density at radius 3 is 1.71 bits per heavy atom. The van der Waals surface area contributed by atoms with Gasteiger partial charge in [-0.3, -0.25) is 6.58 Å². The molecule has 7 heavy (non-hydrogen) atoms. The van der Waals surface area contributed by atoms with E-state index < -0.39 is 0 Å². The van der Waals surface area contributed by atoms with Crippen molar-refractivity contribution in [3.8, 4) is 0 Å². The van der Waals surface area contributed by atoms with Gasteiger partial charge in [-0.25, -0.2) is 11.1 Å². The molecule has 0 nitrogen and oxygen atoms in total. The molecule has 0 fully saturated rings. The molecule has 1 radical (unpaired) electrons. The van der Waals surface area contributed by atoms with Crippen LogP contribution in [0.2, 0.25) is 0 Å². The van der Waals surface area contributed by atoms with E-state index in [4.69, 9.17) is 6.58 Å². The molecule has 0 aromatic heterocycles. The normalized spacial score (nSPS) is 6.57. The minimum absolute atomic E-state index is 0. The van der Waals surface area contributed by atoms with Crippen LogP contribution in [0, 0.1) is 6.58 Å². The van der Waals surface area contributed by atoms with Gasteiger partial charge in [-0.15, -0.1) is 6.92 Å². The number of allylic oxidation sites excluding steroid dienone is 2. The average molecular weight is 186 g/mol. The Morgan fingerprint density at radius 1 is 1.57 bits per heavy atom. The maximum atomic E-state index is 5.25. The van der Waals surface area contributed by atoms with E-state index >= 15 is 0 Å². The number of rotatable bonds is 1. The molecule has 1 heteroatoms. The second-order valence-electron chi connectivity index (χ2n) is 1.46. The van der Waals surface area contributed by atoms with Gasteiger partial charge >= 0.3 is 19.5 Å². The quantitative estimate of drug-likeness (QED) is 0.335. The first-order valence-electron chi connectivity index (χ1n) is 1.89. The van der Waals surface area contributed by atoms with Crippen LogP contribution in [-0.2, 0) is 19.5 Å². The molecule has 0 amide bonds. The summed E-state index contributed by atoms with van der Waals surface area (Å²) < 4.78 is 0. The largest absolute Gasteiger partial charge is 5.00 e. The van der Waals surface area contributed by atoms with Gasteiger partial charge < -0.3 is 5.71 Å². The Balaban J connectivity index is -0.0000000125. The third kappa shape index (κ3) is 6.10. The van der Waals surface area contributed by atoms with Crippen LogP contribution in [0.25, 0.3) is 0 Å². The van der Waals surface area contributed by atoms with Crippen molar-refractivity contribution in [2.45, 2.75) is 13.8 Å². The first kappa shape index (κ1) is 10.2. The molecule has 0 aliphatic carbocycles. The van der Waals surface area contributed by atoms with Gasteiger partial charge in [0.2, 0.25) is 0 Å². The molecule has 0 unspecified atom stereocenters. The molecule has 0 heterocycles. The van der Waals surface area contributed by atoms with Crippen LogP contribution in [0.5, 0.6) is 0 Å². The summed E-state index contributed by atoms with van der Waals surface area (Å²) in [5.74, 6) is 0. The second-order valence-corrected chi connectivity index (χ2v) is 1.46. The van der Waals surface area contributed by atoms with E-state index in [0.717, 1.165) is 11.1 Å². The van der Waals surface area contributed by atoms with Crippen molar-refractivity contribution < 1.29 is 25.2 Å². The minimum atomic E-state index is 0. The van der Waals surface area contributed by atoms with Crippen LogP contribution in [0.4, 0.5) is 0 Å². The van der Waals surface area contributed by atoms with Crippen LogP contribution in [0.1, 0.15) is 19.6 Å². The van der Waals surface area contributed by atoms with E-state index in [1.54, 1.807) is 0 Å². The van der Waals surface area contributed by atoms with E-state index in [1.165, 1.54) is 0 Å². The van der Waals surface area contributed by atoms with Crippen molar-refractivity contribution >= 4 is 0 Å². The Morgan fingerprint density at radius 2 is 1.71 bits per heavy atom. The smallest absolute Gasteiger partial charge is 1.00 e. The zero-order valence-electron chi connectivity index (χ0n) is 8.64. The molecular formula is C6H13Ru. The Labute approximate surface area is 64.0 Å². The summed E-state index contributed by atoms with van der Waals surface area (Å²) in [6.45, 7) is 12.6. The van der Waals surface area contributed by atoms with E-state index in [0.29, 0.717) is 0 Å². The summed E-state index contributed by atoms with van der Waals surface area (Å²) in [5, 5.41) is 0. The first-order chi connectivity index (χ1) is 2.64. The van der Waals surface area contributed by atoms with Gasteiger partial charge in [0, 0.05) is 0 Å². The fraction of sp³-hybridized carbons (Fsp3) is 0.333. The average Bonchev–Trinajstić information content (AvgIpc) is 1.36. The zero-order valence-corrected chi connectivity index (χ0v) is 6.38. The second kappa shape index (κ2) is 4.27. The van der Waals surface area contributed by atoms with Gasteiger partial charge in [0.15, 0.2) is 0 Å². The predicted molar refractivity (Wildman–Crippen MR) is 32.7 cm³/mol. The van der Waals surface area contributed by atoms with Gasteiger partial charge in [0.25, 0.3) is 0 Å². The summed E-state index contributed by atoms with van der Waals surface area (Å²) in [4.78, 5) is 0. The fourth-order valence-electron chi connectivity index (χ4n) is 0. The van der Waals surface area contributed by atoms with Crippen LogP contribution >= 0.6 is 0 Å². The van der Waals surface area contributed by atoms with Crippen molar-refractivity contribution in [2.24, 2.45) is 0 Å². The summed E-state index contributed by atoms with van der Waals surface area (Å²) in [5.41, 5.74) is 1.77. The molecule has 0 atom stereocenters. The van der Waals surface area contributed by atoms with Crippen LogP contribution in [-0.4, -0.2) is 0 Å². The van der Waals surface area contributed by atoms with E-state index in [-0.39, 0.29) is 25.2 Å². The zero-order chi connectivity index (χ0) is 5.15. The van der Waals surface area contributed by atoms with Crippen molar-refractivity contribution in [1.82, 2.24) is 0 Å². The Kier molecular flexibility index (Phi) is 6.19. The fourth-order valence-corrected chi connectivity index (χ4v) is 0. The van der Waals surface area contributed by atoms with Gasteiger partial charge in [-0.1, -0.05) is 6.92 Å².